The molecule has 15 atom stereocenters. The molecule has 200 valence electrons. The molecular formula is C18H32O16. The Hall–Kier alpha value is -0.640. The maximum atomic E-state index is 10.5. The molecule has 0 amide bonds. The molecule has 3 aliphatic heterocycles. The quantitative estimate of drug-likeness (QED) is 0.146. The van der Waals surface area contributed by atoms with Crippen LogP contribution < -0.4 is 0 Å². The SMILES string of the molecule is OC[C@@H](O)[C@@H]1O[C@H](O[C@H]2[C@H](O[C@H]3O[C@H](CO)[C@@H](O)[C@H](O)[C@@H]3O)[C@H](O)[C@@H](O)O[C@@H]2CO)[C@H](O)[C@H]1O. The molecule has 0 saturated carbocycles. The van der Waals surface area contributed by atoms with Crippen LogP contribution in [0.3, 0.4) is 0 Å². The molecular weight excluding hydrogens is 472 g/mol. The normalized spacial score (nSPS) is 50.9. The standard InChI is InChI=1S/C18H32O16/c19-1-4(22)13-9(25)11(27)18(32-13)33-14-6(3-21)30-16(29)12(28)15(14)34-17-10(26)8(24)7(23)5(2-20)31-17/h4-29H,1-3H2/t4-,5-,6-,7-,8+,9-,10+,11-,12+,13+,14-,15-,16+,17-,18-/m1/s1. The maximum Gasteiger partial charge on any atom is 0.187 e. The van der Waals surface area contributed by atoms with E-state index in [0.717, 1.165) is 0 Å². The predicted molar refractivity (Wildman–Crippen MR) is 101 cm³/mol. The molecule has 0 unspecified atom stereocenters. The Morgan fingerprint density at radius 3 is 1.74 bits per heavy atom. The van der Waals surface area contributed by atoms with Crippen LogP contribution in [0.4, 0.5) is 0 Å². The molecule has 0 spiro atoms. The van der Waals surface area contributed by atoms with Crippen molar-refractivity contribution in [3.63, 3.8) is 0 Å². The third kappa shape index (κ3) is 5.37. The van der Waals surface area contributed by atoms with Crippen LogP contribution >= 0.6 is 0 Å². The summed E-state index contributed by atoms with van der Waals surface area (Å²) in [7, 11) is 0. The molecule has 0 aliphatic carbocycles. The Labute approximate surface area is 192 Å². The molecule has 3 saturated heterocycles. The van der Waals surface area contributed by atoms with E-state index in [1.54, 1.807) is 0 Å². The van der Waals surface area contributed by atoms with Crippen molar-refractivity contribution in [1.82, 2.24) is 0 Å². The van der Waals surface area contributed by atoms with Gasteiger partial charge in [0.15, 0.2) is 18.9 Å². The number of rotatable bonds is 8. The van der Waals surface area contributed by atoms with Crippen LogP contribution in [0.25, 0.3) is 0 Å². The minimum Gasteiger partial charge on any atom is -0.394 e. The minimum atomic E-state index is -1.92. The van der Waals surface area contributed by atoms with Gasteiger partial charge in [0, 0.05) is 0 Å². The topological polar surface area (TPSA) is 269 Å². The van der Waals surface area contributed by atoms with Crippen molar-refractivity contribution in [2.45, 2.75) is 92.1 Å². The van der Waals surface area contributed by atoms with Crippen molar-refractivity contribution >= 4 is 0 Å². The predicted octanol–water partition coefficient (Wildman–Crippen LogP) is -7.57. The van der Waals surface area contributed by atoms with Gasteiger partial charge in [0.1, 0.15) is 73.2 Å². The van der Waals surface area contributed by atoms with Crippen LogP contribution in [0.1, 0.15) is 0 Å². The smallest absolute Gasteiger partial charge is 0.187 e. The average Bonchev–Trinajstić information content (AvgIpc) is 3.11. The largest absolute Gasteiger partial charge is 0.394 e. The molecule has 3 heterocycles. The van der Waals surface area contributed by atoms with Crippen LogP contribution in [0.2, 0.25) is 0 Å². The third-order valence-electron chi connectivity index (χ3n) is 6.07. The summed E-state index contributed by atoms with van der Waals surface area (Å²) >= 11 is 0. The third-order valence-corrected chi connectivity index (χ3v) is 6.07. The first-order chi connectivity index (χ1) is 16.0. The Kier molecular flexibility index (Phi) is 9.54. The summed E-state index contributed by atoms with van der Waals surface area (Å²) in [6.45, 7) is -2.38. The van der Waals surface area contributed by atoms with E-state index in [0.29, 0.717) is 0 Å². The van der Waals surface area contributed by atoms with Gasteiger partial charge < -0.3 is 79.9 Å². The van der Waals surface area contributed by atoms with Crippen LogP contribution in [-0.4, -0.2) is 168 Å². The van der Waals surface area contributed by atoms with Crippen molar-refractivity contribution < 1.29 is 79.9 Å². The summed E-state index contributed by atoms with van der Waals surface area (Å²) in [6, 6.07) is 0. The zero-order valence-corrected chi connectivity index (χ0v) is 17.7. The van der Waals surface area contributed by atoms with Crippen molar-refractivity contribution in [1.29, 1.82) is 0 Å². The molecule has 3 rings (SSSR count). The number of hydrogen-bond acceptors (Lipinski definition) is 16. The van der Waals surface area contributed by atoms with Crippen LogP contribution in [0.5, 0.6) is 0 Å². The van der Waals surface area contributed by atoms with E-state index in [4.69, 9.17) is 28.8 Å². The number of aliphatic hydroxyl groups is 11. The van der Waals surface area contributed by atoms with Crippen molar-refractivity contribution in [2.24, 2.45) is 0 Å². The van der Waals surface area contributed by atoms with Gasteiger partial charge in [-0.05, 0) is 0 Å². The van der Waals surface area contributed by atoms with E-state index in [1.807, 2.05) is 0 Å². The van der Waals surface area contributed by atoms with Gasteiger partial charge >= 0.3 is 0 Å². The van der Waals surface area contributed by atoms with Gasteiger partial charge in [-0.2, -0.15) is 0 Å². The highest BCUT2D eigenvalue weighted by atomic mass is 16.8. The Morgan fingerprint density at radius 1 is 0.588 bits per heavy atom. The summed E-state index contributed by atoms with van der Waals surface area (Å²) in [4.78, 5) is 0. The Balaban J connectivity index is 1.82. The summed E-state index contributed by atoms with van der Waals surface area (Å²) in [5.74, 6) is 0. The van der Waals surface area contributed by atoms with Gasteiger partial charge in [0.05, 0.1) is 19.8 Å². The lowest BCUT2D eigenvalue weighted by Gasteiger charge is -2.46. The van der Waals surface area contributed by atoms with E-state index in [1.165, 1.54) is 0 Å². The Morgan fingerprint density at radius 2 is 1.15 bits per heavy atom. The monoisotopic (exact) mass is 504 g/mol. The first-order valence-corrected chi connectivity index (χ1v) is 10.6. The van der Waals surface area contributed by atoms with Crippen molar-refractivity contribution in [2.75, 3.05) is 19.8 Å². The average molecular weight is 504 g/mol. The van der Waals surface area contributed by atoms with Crippen molar-refractivity contribution in [3.05, 3.63) is 0 Å². The lowest BCUT2D eigenvalue weighted by Crippen LogP contribution is -2.65. The van der Waals surface area contributed by atoms with Gasteiger partial charge in [-0.25, -0.2) is 0 Å². The fourth-order valence-corrected chi connectivity index (χ4v) is 4.07. The second kappa shape index (κ2) is 11.6. The molecule has 3 fully saturated rings. The fraction of sp³-hybridized carbons (Fsp3) is 1.00. The molecule has 3 aliphatic rings. The van der Waals surface area contributed by atoms with E-state index in [9.17, 15) is 51.1 Å². The molecule has 0 aromatic heterocycles. The first-order valence-electron chi connectivity index (χ1n) is 10.6. The summed E-state index contributed by atoms with van der Waals surface area (Å²) in [5.41, 5.74) is 0. The summed E-state index contributed by atoms with van der Waals surface area (Å²) in [6.07, 6.45) is -25.2. The van der Waals surface area contributed by atoms with Crippen LogP contribution in [0, 0.1) is 0 Å². The van der Waals surface area contributed by atoms with Crippen LogP contribution in [-0.2, 0) is 23.7 Å². The van der Waals surface area contributed by atoms with E-state index >= 15 is 0 Å². The highest BCUT2D eigenvalue weighted by molar-refractivity contribution is 4.97. The summed E-state index contributed by atoms with van der Waals surface area (Å²) in [5, 5.41) is 109. The van der Waals surface area contributed by atoms with Gasteiger partial charge in [-0.3, -0.25) is 0 Å². The lowest BCUT2D eigenvalue weighted by molar-refractivity contribution is -0.370. The first kappa shape index (κ1) is 27.9. The lowest BCUT2D eigenvalue weighted by atomic mass is 9.96. The van der Waals surface area contributed by atoms with Gasteiger partial charge in [-0.15, -0.1) is 0 Å². The zero-order valence-electron chi connectivity index (χ0n) is 17.7. The number of ether oxygens (including phenoxy) is 5. The molecule has 16 heteroatoms. The molecule has 0 aromatic rings. The number of hydrogen-bond donors (Lipinski definition) is 11. The zero-order chi connectivity index (χ0) is 25.3. The molecule has 0 bridgehead atoms. The van der Waals surface area contributed by atoms with Crippen LogP contribution in [0.15, 0.2) is 0 Å². The molecule has 0 radical (unpaired) electrons. The fourth-order valence-electron chi connectivity index (χ4n) is 4.07. The van der Waals surface area contributed by atoms with E-state index in [-0.39, 0.29) is 0 Å². The number of aliphatic hydroxyl groups excluding tert-OH is 11. The van der Waals surface area contributed by atoms with Gasteiger partial charge in [0.2, 0.25) is 0 Å². The maximum absolute atomic E-state index is 10.5. The molecule has 0 aromatic carbocycles. The molecule has 11 N–H and O–H groups in total. The van der Waals surface area contributed by atoms with E-state index < -0.39 is 112 Å². The molecule has 34 heavy (non-hydrogen) atoms. The minimum absolute atomic E-state index is 0.766. The van der Waals surface area contributed by atoms with Gasteiger partial charge in [-0.1, -0.05) is 0 Å². The van der Waals surface area contributed by atoms with Gasteiger partial charge in [0.25, 0.3) is 0 Å². The Bertz CT molecular complexity index is 639. The summed E-state index contributed by atoms with van der Waals surface area (Å²) < 4.78 is 26.7. The molecule has 16 nitrogen and oxygen atoms in total. The highest BCUT2D eigenvalue weighted by Gasteiger charge is 2.54. The second-order valence-electron chi connectivity index (χ2n) is 8.34. The van der Waals surface area contributed by atoms with Crippen molar-refractivity contribution in [3.8, 4) is 0 Å². The highest BCUT2D eigenvalue weighted by Crippen LogP contribution is 2.33. The second-order valence-corrected chi connectivity index (χ2v) is 8.34. The van der Waals surface area contributed by atoms with E-state index in [2.05, 4.69) is 0 Å².